The lowest BCUT2D eigenvalue weighted by Gasteiger charge is -2.14. The van der Waals surface area contributed by atoms with Gasteiger partial charge in [0.1, 0.15) is 17.2 Å². The monoisotopic (exact) mass is 402 g/mol. The van der Waals surface area contributed by atoms with Crippen LogP contribution in [0.5, 0.6) is 17.2 Å². The average Bonchev–Trinajstić information content (AvgIpc) is 2.71. The number of unbranched alkanes of at least 4 members (excludes halogenated alkanes) is 3. The van der Waals surface area contributed by atoms with E-state index in [1.54, 1.807) is 11.8 Å². The summed E-state index contributed by atoms with van der Waals surface area (Å²) in [6, 6.07) is 14.4. The highest BCUT2D eigenvalue weighted by Crippen LogP contribution is 2.38. The molecule has 0 bridgehead atoms. The molecule has 2 rings (SSSR count). The van der Waals surface area contributed by atoms with Gasteiger partial charge in [-0.15, -0.1) is 0 Å². The lowest BCUT2D eigenvalue weighted by Crippen LogP contribution is -2.00. The van der Waals surface area contributed by atoms with Crippen LogP contribution in [0.1, 0.15) is 59.3 Å². The molecule has 3 nitrogen and oxygen atoms in total. The summed E-state index contributed by atoms with van der Waals surface area (Å²) in [6.07, 6.45) is 6.60. The predicted molar refractivity (Wildman–Crippen MR) is 118 cm³/mol. The molecule has 0 atom stereocenters. The topological polar surface area (TPSA) is 27.7 Å². The van der Waals surface area contributed by atoms with Crippen molar-refractivity contribution in [2.24, 2.45) is 0 Å². The first-order chi connectivity index (χ1) is 13.8. The zero-order valence-electron chi connectivity index (χ0n) is 17.5. The van der Waals surface area contributed by atoms with E-state index in [2.05, 4.69) is 39.0 Å². The first-order valence-corrected chi connectivity index (χ1v) is 11.4. The van der Waals surface area contributed by atoms with E-state index in [1.165, 1.54) is 4.90 Å². The molecule has 0 heterocycles. The minimum absolute atomic E-state index is 0.729. The van der Waals surface area contributed by atoms with Gasteiger partial charge in [0.25, 0.3) is 0 Å². The maximum atomic E-state index is 6.06. The SMILES string of the molecule is CCCCOc1ccc(Sc2ccc(OCCCC)cc2OCCCC)cc1. The van der Waals surface area contributed by atoms with Gasteiger partial charge in [-0.3, -0.25) is 0 Å². The van der Waals surface area contributed by atoms with Crippen LogP contribution in [0.3, 0.4) is 0 Å². The third kappa shape index (κ3) is 8.05. The van der Waals surface area contributed by atoms with E-state index < -0.39 is 0 Å². The van der Waals surface area contributed by atoms with Gasteiger partial charge in [0.2, 0.25) is 0 Å². The molecule has 0 saturated heterocycles. The number of rotatable bonds is 14. The van der Waals surface area contributed by atoms with Gasteiger partial charge in [-0.25, -0.2) is 0 Å². The van der Waals surface area contributed by atoms with Gasteiger partial charge in [-0.05, 0) is 55.7 Å². The Bertz CT molecular complexity index is 670. The van der Waals surface area contributed by atoms with Crippen LogP contribution in [0.2, 0.25) is 0 Å². The summed E-state index contributed by atoms with van der Waals surface area (Å²) in [4.78, 5) is 2.28. The van der Waals surface area contributed by atoms with Crippen molar-refractivity contribution in [2.75, 3.05) is 19.8 Å². The molecule has 0 aliphatic carbocycles. The molecule has 0 unspecified atom stereocenters. The first-order valence-electron chi connectivity index (χ1n) is 10.6. The fourth-order valence-electron chi connectivity index (χ4n) is 2.50. The number of benzene rings is 2. The summed E-state index contributed by atoms with van der Waals surface area (Å²) in [6.45, 7) is 8.76. The van der Waals surface area contributed by atoms with Gasteiger partial charge >= 0.3 is 0 Å². The first kappa shape index (κ1) is 22.5. The van der Waals surface area contributed by atoms with E-state index in [4.69, 9.17) is 14.2 Å². The van der Waals surface area contributed by atoms with Crippen molar-refractivity contribution in [3.05, 3.63) is 42.5 Å². The van der Waals surface area contributed by atoms with Crippen LogP contribution < -0.4 is 14.2 Å². The summed E-state index contributed by atoms with van der Waals surface area (Å²) in [5, 5.41) is 0. The van der Waals surface area contributed by atoms with Gasteiger partial charge in [0.05, 0.1) is 24.7 Å². The fourth-order valence-corrected chi connectivity index (χ4v) is 3.38. The van der Waals surface area contributed by atoms with E-state index in [9.17, 15) is 0 Å². The normalized spacial score (nSPS) is 10.7. The van der Waals surface area contributed by atoms with Crippen molar-refractivity contribution in [1.29, 1.82) is 0 Å². The second kappa shape index (κ2) is 13.4. The number of hydrogen-bond acceptors (Lipinski definition) is 4. The second-order valence-corrected chi connectivity index (χ2v) is 7.90. The van der Waals surface area contributed by atoms with Crippen LogP contribution in [0, 0.1) is 0 Å². The minimum Gasteiger partial charge on any atom is -0.494 e. The Morgan fingerprint density at radius 2 is 1.18 bits per heavy atom. The highest BCUT2D eigenvalue weighted by molar-refractivity contribution is 7.99. The Hall–Kier alpha value is -1.81. The van der Waals surface area contributed by atoms with Crippen LogP contribution >= 0.6 is 11.8 Å². The van der Waals surface area contributed by atoms with Crippen molar-refractivity contribution in [2.45, 2.75) is 69.1 Å². The van der Waals surface area contributed by atoms with Crippen molar-refractivity contribution in [3.63, 3.8) is 0 Å². The largest absolute Gasteiger partial charge is 0.494 e. The molecule has 0 saturated carbocycles. The van der Waals surface area contributed by atoms with Gasteiger partial charge in [0.15, 0.2) is 0 Å². The Labute approximate surface area is 174 Å². The third-order valence-electron chi connectivity index (χ3n) is 4.26. The van der Waals surface area contributed by atoms with Crippen LogP contribution in [0.25, 0.3) is 0 Å². The Morgan fingerprint density at radius 3 is 1.79 bits per heavy atom. The van der Waals surface area contributed by atoms with Crippen molar-refractivity contribution < 1.29 is 14.2 Å². The van der Waals surface area contributed by atoms with E-state index >= 15 is 0 Å². The highest BCUT2D eigenvalue weighted by Gasteiger charge is 2.09. The molecule has 2 aromatic carbocycles. The molecule has 154 valence electrons. The van der Waals surface area contributed by atoms with Crippen LogP contribution in [0.15, 0.2) is 52.3 Å². The summed E-state index contributed by atoms with van der Waals surface area (Å²) >= 11 is 1.71. The van der Waals surface area contributed by atoms with Crippen LogP contribution in [-0.4, -0.2) is 19.8 Å². The molecular formula is C24H34O3S. The fraction of sp³-hybridized carbons (Fsp3) is 0.500. The average molecular weight is 403 g/mol. The molecular weight excluding hydrogens is 368 g/mol. The van der Waals surface area contributed by atoms with Crippen LogP contribution in [-0.2, 0) is 0 Å². The Morgan fingerprint density at radius 1 is 0.643 bits per heavy atom. The molecule has 0 spiro atoms. The molecule has 0 fully saturated rings. The van der Waals surface area contributed by atoms with Gasteiger partial charge < -0.3 is 14.2 Å². The van der Waals surface area contributed by atoms with Crippen molar-refractivity contribution in [1.82, 2.24) is 0 Å². The third-order valence-corrected chi connectivity index (χ3v) is 5.32. The zero-order valence-corrected chi connectivity index (χ0v) is 18.4. The summed E-state index contributed by atoms with van der Waals surface area (Å²) < 4.78 is 17.7. The predicted octanol–water partition coefficient (Wildman–Crippen LogP) is 7.37. The maximum absolute atomic E-state index is 6.06. The number of ether oxygens (including phenoxy) is 3. The molecule has 28 heavy (non-hydrogen) atoms. The standard InChI is InChI=1S/C24H34O3S/c1-4-7-16-25-20-10-13-22(14-11-20)28-24-15-12-21(26-17-8-5-2)19-23(24)27-18-9-6-3/h10-15,19H,4-9,16-18H2,1-3H3. The molecule has 0 aromatic heterocycles. The molecule has 0 radical (unpaired) electrons. The molecule has 0 aliphatic heterocycles. The second-order valence-electron chi connectivity index (χ2n) is 6.79. The lowest BCUT2D eigenvalue weighted by molar-refractivity contribution is 0.289. The van der Waals surface area contributed by atoms with E-state index in [-0.39, 0.29) is 0 Å². The smallest absolute Gasteiger partial charge is 0.136 e. The van der Waals surface area contributed by atoms with Gasteiger partial charge in [0, 0.05) is 11.0 Å². The molecule has 0 amide bonds. The molecule has 4 heteroatoms. The molecule has 0 aliphatic rings. The zero-order chi connectivity index (χ0) is 20.0. The van der Waals surface area contributed by atoms with Gasteiger partial charge in [-0.1, -0.05) is 51.8 Å². The summed E-state index contributed by atoms with van der Waals surface area (Å²) in [5.74, 6) is 2.71. The van der Waals surface area contributed by atoms with Gasteiger partial charge in [-0.2, -0.15) is 0 Å². The summed E-state index contributed by atoms with van der Waals surface area (Å²) in [7, 11) is 0. The van der Waals surface area contributed by atoms with Crippen molar-refractivity contribution in [3.8, 4) is 17.2 Å². The minimum atomic E-state index is 0.729. The molecule has 0 N–H and O–H groups in total. The quantitative estimate of drug-likeness (QED) is 0.308. The Kier molecular flexibility index (Phi) is 10.7. The van der Waals surface area contributed by atoms with Crippen LogP contribution in [0.4, 0.5) is 0 Å². The van der Waals surface area contributed by atoms with E-state index in [0.29, 0.717) is 0 Å². The lowest BCUT2D eigenvalue weighted by atomic mass is 10.3. The number of hydrogen-bond donors (Lipinski definition) is 0. The molecule has 2 aromatic rings. The Balaban J connectivity index is 2.04. The van der Waals surface area contributed by atoms with E-state index in [1.807, 2.05) is 24.3 Å². The van der Waals surface area contributed by atoms with E-state index in [0.717, 1.165) is 80.5 Å². The highest BCUT2D eigenvalue weighted by atomic mass is 32.2. The maximum Gasteiger partial charge on any atom is 0.136 e. The summed E-state index contributed by atoms with van der Waals surface area (Å²) in [5.41, 5.74) is 0. The van der Waals surface area contributed by atoms with Crippen molar-refractivity contribution >= 4 is 11.8 Å².